The van der Waals surface area contributed by atoms with Crippen LogP contribution in [0.4, 0.5) is 0 Å². The molecule has 0 aromatic heterocycles. The smallest absolute Gasteiger partial charge is 0.0438 e. The molecule has 1 rings (SSSR count). The van der Waals surface area contributed by atoms with Gasteiger partial charge in [0.15, 0.2) is 0 Å². The van der Waals surface area contributed by atoms with Crippen molar-refractivity contribution in [1.82, 2.24) is 10.6 Å². The molecule has 0 amide bonds. The fourth-order valence-electron chi connectivity index (χ4n) is 1.83. The van der Waals surface area contributed by atoms with Crippen molar-refractivity contribution in [2.45, 2.75) is 31.7 Å². The lowest BCUT2D eigenvalue weighted by molar-refractivity contribution is 0.296. The van der Waals surface area contributed by atoms with Crippen LogP contribution >= 0.6 is 11.8 Å². The van der Waals surface area contributed by atoms with E-state index in [-0.39, 0.29) is 0 Å². The molecule has 1 saturated heterocycles. The van der Waals surface area contributed by atoms with E-state index in [1.165, 1.54) is 31.6 Å². The van der Waals surface area contributed by atoms with E-state index in [1.54, 1.807) is 0 Å². The Bertz CT molecular complexity index is 139. The summed E-state index contributed by atoms with van der Waals surface area (Å²) in [5.41, 5.74) is 0. The van der Waals surface area contributed by atoms with Crippen LogP contribution in [-0.4, -0.2) is 48.9 Å². The number of thioether (sulfide) groups is 1. The summed E-state index contributed by atoms with van der Waals surface area (Å²) in [6, 6.07) is 0.721. The van der Waals surface area contributed by atoms with Crippen LogP contribution in [-0.2, 0) is 0 Å². The molecule has 1 fully saturated rings. The van der Waals surface area contributed by atoms with E-state index >= 15 is 0 Å². The summed E-state index contributed by atoms with van der Waals surface area (Å²) in [4.78, 5) is 0. The number of hydrogen-bond acceptors (Lipinski definition) is 4. The van der Waals surface area contributed by atoms with Crippen LogP contribution in [0.1, 0.15) is 25.7 Å². The predicted molar refractivity (Wildman–Crippen MR) is 67.5 cm³/mol. The molecule has 4 heteroatoms. The molecule has 1 atom stereocenters. The van der Waals surface area contributed by atoms with Crippen LogP contribution < -0.4 is 10.6 Å². The molecule has 0 aromatic rings. The van der Waals surface area contributed by atoms with Crippen molar-refractivity contribution in [2.75, 3.05) is 37.7 Å². The largest absolute Gasteiger partial charge is 0.396 e. The lowest BCUT2D eigenvalue weighted by Crippen LogP contribution is -2.31. The molecule has 0 aromatic carbocycles. The third kappa shape index (κ3) is 7.17. The Hall–Kier alpha value is 0.230. The normalized spacial score (nSPS) is 22.6. The van der Waals surface area contributed by atoms with Gasteiger partial charge in [0, 0.05) is 24.9 Å². The topological polar surface area (TPSA) is 44.3 Å². The van der Waals surface area contributed by atoms with Crippen LogP contribution in [0.2, 0.25) is 0 Å². The highest BCUT2D eigenvalue weighted by molar-refractivity contribution is 7.99. The zero-order valence-electron chi connectivity index (χ0n) is 9.50. The molecule has 1 aliphatic heterocycles. The van der Waals surface area contributed by atoms with Gasteiger partial charge < -0.3 is 15.7 Å². The van der Waals surface area contributed by atoms with E-state index in [4.69, 9.17) is 5.11 Å². The van der Waals surface area contributed by atoms with E-state index < -0.39 is 0 Å². The van der Waals surface area contributed by atoms with Crippen LogP contribution in [0.3, 0.4) is 0 Å². The molecule has 15 heavy (non-hydrogen) atoms. The van der Waals surface area contributed by atoms with Gasteiger partial charge in [0.05, 0.1) is 0 Å². The van der Waals surface area contributed by atoms with Crippen molar-refractivity contribution in [3.8, 4) is 0 Å². The zero-order valence-corrected chi connectivity index (χ0v) is 10.3. The molecule has 0 aliphatic carbocycles. The highest BCUT2D eigenvalue weighted by Gasteiger charge is 2.09. The van der Waals surface area contributed by atoms with Gasteiger partial charge in [-0.25, -0.2) is 0 Å². The van der Waals surface area contributed by atoms with Crippen LogP contribution in [0.5, 0.6) is 0 Å². The third-order valence-corrected chi connectivity index (χ3v) is 3.77. The maximum absolute atomic E-state index is 8.62. The van der Waals surface area contributed by atoms with Gasteiger partial charge in [0.2, 0.25) is 0 Å². The fourth-order valence-corrected chi connectivity index (χ4v) is 2.63. The number of aliphatic hydroxyl groups excluding tert-OH is 1. The van der Waals surface area contributed by atoms with E-state index in [0.717, 1.165) is 31.3 Å². The summed E-state index contributed by atoms with van der Waals surface area (Å²) < 4.78 is 0. The molecule has 0 spiro atoms. The molecular weight excluding hydrogens is 208 g/mol. The van der Waals surface area contributed by atoms with Gasteiger partial charge in [-0.2, -0.15) is 11.8 Å². The summed E-state index contributed by atoms with van der Waals surface area (Å²) in [5.74, 6) is 2.26. The minimum absolute atomic E-state index is 0.328. The molecule has 90 valence electrons. The molecule has 0 radical (unpaired) electrons. The van der Waals surface area contributed by atoms with Crippen LogP contribution in [0.15, 0.2) is 0 Å². The minimum atomic E-state index is 0.328. The first-order valence-corrected chi connectivity index (χ1v) is 7.21. The van der Waals surface area contributed by atoms with Crippen molar-refractivity contribution in [1.29, 1.82) is 0 Å². The Labute approximate surface area is 97.4 Å². The first-order valence-electron chi connectivity index (χ1n) is 6.06. The van der Waals surface area contributed by atoms with Crippen LogP contribution in [0.25, 0.3) is 0 Å². The summed E-state index contributed by atoms with van der Waals surface area (Å²) in [6.07, 6.45) is 4.81. The SMILES string of the molecule is OCCCSCCNC1CCCNCC1. The Kier molecular flexibility index (Phi) is 8.38. The third-order valence-electron chi connectivity index (χ3n) is 2.70. The first kappa shape index (κ1) is 13.3. The molecule has 3 N–H and O–H groups in total. The average Bonchev–Trinajstić information content (AvgIpc) is 2.52. The van der Waals surface area contributed by atoms with Crippen molar-refractivity contribution >= 4 is 11.8 Å². The standard InChI is InChI=1S/C11H24N2OS/c14-8-2-9-15-10-7-13-11-3-1-5-12-6-4-11/h11-14H,1-10H2. The first-order chi connectivity index (χ1) is 7.43. The lowest BCUT2D eigenvalue weighted by atomic mass is 10.1. The second kappa shape index (κ2) is 9.46. The number of aliphatic hydroxyl groups is 1. The Balaban J connectivity index is 1.89. The Morgan fingerprint density at radius 2 is 2.20 bits per heavy atom. The van der Waals surface area contributed by atoms with Gasteiger partial charge in [-0.15, -0.1) is 0 Å². The monoisotopic (exact) mass is 232 g/mol. The molecule has 1 aliphatic rings. The van der Waals surface area contributed by atoms with E-state index in [9.17, 15) is 0 Å². The highest BCUT2D eigenvalue weighted by atomic mass is 32.2. The number of hydrogen-bond donors (Lipinski definition) is 3. The van der Waals surface area contributed by atoms with Crippen LogP contribution in [0, 0.1) is 0 Å². The van der Waals surface area contributed by atoms with E-state index in [0.29, 0.717) is 6.61 Å². The zero-order chi connectivity index (χ0) is 10.8. The molecule has 0 saturated carbocycles. The average molecular weight is 232 g/mol. The Morgan fingerprint density at radius 3 is 3.07 bits per heavy atom. The van der Waals surface area contributed by atoms with Crippen molar-refractivity contribution in [2.24, 2.45) is 0 Å². The quantitative estimate of drug-likeness (QED) is 0.569. The minimum Gasteiger partial charge on any atom is -0.396 e. The molecule has 3 nitrogen and oxygen atoms in total. The second-order valence-electron chi connectivity index (χ2n) is 4.02. The van der Waals surface area contributed by atoms with Crippen molar-refractivity contribution in [3.05, 3.63) is 0 Å². The van der Waals surface area contributed by atoms with Gasteiger partial charge in [0.1, 0.15) is 0 Å². The maximum Gasteiger partial charge on any atom is 0.0438 e. The van der Waals surface area contributed by atoms with Gasteiger partial charge in [-0.1, -0.05) is 0 Å². The summed E-state index contributed by atoms with van der Waals surface area (Å²) in [5, 5.41) is 15.7. The van der Waals surface area contributed by atoms with Crippen molar-refractivity contribution in [3.63, 3.8) is 0 Å². The summed E-state index contributed by atoms with van der Waals surface area (Å²) in [7, 11) is 0. The number of nitrogens with one attached hydrogen (secondary N) is 2. The molecule has 1 heterocycles. The lowest BCUT2D eigenvalue weighted by Gasteiger charge is -2.15. The fraction of sp³-hybridized carbons (Fsp3) is 1.00. The summed E-state index contributed by atoms with van der Waals surface area (Å²) >= 11 is 1.93. The summed E-state index contributed by atoms with van der Waals surface area (Å²) in [6.45, 7) is 3.79. The van der Waals surface area contributed by atoms with E-state index in [2.05, 4.69) is 10.6 Å². The Morgan fingerprint density at radius 1 is 1.27 bits per heavy atom. The maximum atomic E-state index is 8.62. The molecule has 0 bridgehead atoms. The molecular formula is C11H24N2OS. The van der Waals surface area contributed by atoms with Gasteiger partial charge in [0.25, 0.3) is 0 Å². The predicted octanol–water partition coefficient (Wildman–Crippen LogP) is 0.834. The van der Waals surface area contributed by atoms with Gasteiger partial charge in [-0.3, -0.25) is 0 Å². The number of rotatable bonds is 7. The van der Waals surface area contributed by atoms with Gasteiger partial charge >= 0.3 is 0 Å². The van der Waals surface area contributed by atoms with Gasteiger partial charge in [-0.05, 0) is 44.5 Å². The molecule has 1 unspecified atom stereocenters. The second-order valence-corrected chi connectivity index (χ2v) is 5.25. The van der Waals surface area contributed by atoms with Crippen molar-refractivity contribution < 1.29 is 5.11 Å². The van der Waals surface area contributed by atoms with E-state index in [1.807, 2.05) is 11.8 Å². The highest BCUT2D eigenvalue weighted by Crippen LogP contribution is 2.05.